The van der Waals surface area contributed by atoms with Crippen molar-refractivity contribution < 1.29 is 27.4 Å². The second-order valence-electron chi connectivity index (χ2n) is 6.24. The number of likely N-dealkylation sites (N-methyl/N-ethyl adjacent to an activating group) is 1. The van der Waals surface area contributed by atoms with Crippen molar-refractivity contribution in [3.8, 4) is 17.2 Å². The van der Waals surface area contributed by atoms with E-state index in [1.165, 1.54) is 33.4 Å². The highest BCUT2D eigenvalue weighted by atomic mass is 32.2. The average Bonchev–Trinajstić information content (AvgIpc) is 2.69. The molecule has 0 aliphatic heterocycles. The normalized spacial score (nSPS) is 11.2. The van der Waals surface area contributed by atoms with Crippen LogP contribution in [0.3, 0.4) is 0 Å². The predicted octanol–water partition coefficient (Wildman–Crippen LogP) is 2.67. The minimum Gasteiger partial charge on any atom is -0.497 e. The number of methoxy groups -OCH3 is 2. The summed E-state index contributed by atoms with van der Waals surface area (Å²) in [5.74, 6) is 1.08. The van der Waals surface area contributed by atoms with Gasteiger partial charge in [-0.1, -0.05) is 0 Å². The van der Waals surface area contributed by atoms with Crippen LogP contribution in [0.15, 0.2) is 41.3 Å². The highest BCUT2D eigenvalue weighted by Crippen LogP contribution is 2.29. The Balaban J connectivity index is 2.15. The fraction of sp³-hybridized carbons (Fsp3) is 0.350. The molecule has 29 heavy (non-hydrogen) atoms. The van der Waals surface area contributed by atoms with E-state index in [1.807, 2.05) is 6.92 Å². The molecule has 2 rings (SSSR count). The number of amides is 1. The van der Waals surface area contributed by atoms with Crippen LogP contribution in [0.25, 0.3) is 0 Å². The number of carbonyl (C=O) groups is 1. The van der Waals surface area contributed by atoms with Gasteiger partial charge in [-0.3, -0.25) is 4.79 Å². The number of sulfonamides is 1. The molecule has 0 radical (unpaired) electrons. The number of nitrogens with one attached hydrogen (secondary N) is 1. The van der Waals surface area contributed by atoms with Crippen molar-refractivity contribution in [3.63, 3.8) is 0 Å². The average molecular weight is 423 g/mol. The Morgan fingerprint density at radius 1 is 1.07 bits per heavy atom. The summed E-state index contributed by atoms with van der Waals surface area (Å²) in [7, 11) is 0.484. The minimum atomic E-state index is -3.85. The molecule has 1 amide bonds. The van der Waals surface area contributed by atoms with Crippen LogP contribution in [-0.2, 0) is 14.8 Å². The van der Waals surface area contributed by atoms with E-state index in [0.717, 1.165) is 4.31 Å². The third kappa shape index (κ3) is 5.39. The van der Waals surface area contributed by atoms with Gasteiger partial charge in [0, 0.05) is 13.1 Å². The maximum absolute atomic E-state index is 12.8. The number of benzene rings is 2. The van der Waals surface area contributed by atoms with Gasteiger partial charge in [-0.15, -0.1) is 0 Å². The Bertz CT molecular complexity index is 975. The van der Waals surface area contributed by atoms with Crippen LogP contribution in [-0.4, -0.2) is 53.0 Å². The first-order chi connectivity index (χ1) is 13.7. The minimum absolute atomic E-state index is 0.0905. The molecule has 0 saturated carbocycles. The fourth-order valence-electron chi connectivity index (χ4n) is 2.67. The highest BCUT2D eigenvalue weighted by Gasteiger charge is 2.24. The molecule has 0 unspecified atom stereocenters. The van der Waals surface area contributed by atoms with Crippen molar-refractivity contribution in [2.45, 2.75) is 18.7 Å². The molecular formula is C20H26N2O6S. The third-order valence-electron chi connectivity index (χ3n) is 4.20. The molecule has 0 heterocycles. The quantitative estimate of drug-likeness (QED) is 0.668. The van der Waals surface area contributed by atoms with Crippen LogP contribution >= 0.6 is 0 Å². The molecule has 0 spiro atoms. The van der Waals surface area contributed by atoms with Crippen molar-refractivity contribution in [2.75, 3.05) is 39.7 Å². The van der Waals surface area contributed by atoms with Crippen LogP contribution < -0.4 is 19.5 Å². The lowest BCUT2D eigenvalue weighted by Crippen LogP contribution is -2.35. The number of nitrogens with zero attached hydrogens (tertiary/aromatic N) is 1. The maximum atomic E-state index is 12.8. The summed E-state index contributed by atoms with van der Waals surface area (Å²) in [5, 5.41) is 2.66. The van der Waals surface area contributed by atoms with Gasteiger partial charge in [-0.2, -0.15) is 4.31 Å². The van der Waals surface area contributed by atoms with E-state index in [2.05, 4.69) is 5.32 Å². The number of carbonyl (C=O) groups excluding carboxylic acids is 1. The first kappa shape index (κ1) is 22.5. The Morgan fingerprint density at radius 2 is 1.76 bits per heavy atom. The zero-order valence-corrected chi connectivity index (χ0v) is 18.0. The Kier molecular flexibility index (Phi) is 7.46. The molecule has 8 nitrogen and oxygen atoms in total. The zero-order valence-electron chi connectivity index (χ0n) is 17.2. The van der Waals surface area contributed by atoms with Gasteiger partial charge < -0.3 is 19.5 Å². The lowest BCUT2D eigenvalue weighted by atomic mass is 10.2. The maximum Gasteiger partial charge on any atom is 0.243 e. The molecule has 1 N–H and O–H groups in total. The lowest BCUT2D eigenvalue weighted by molar-refractivity contribution is -0.116. The number of aryl methyl sites for hydroxylation is 1. The molecule has 0 atom stereocenters. The topological polar surface area (TPSA) is 94.2 Å². The van der Waals surface area contributed by atoms with Crippen molar-refractivity contribution >= 4 is 21.6 Å². The van der Waals surface area contributed by atoms with Crippen LogP contribution in [0.4, 0.5) is 5.69 Å². The second-order valence-corrected chi connectivity index (χ2v) is 8.28. The lowest BCUT2D eigenvalue weighted by Gasteiger charge is -2.18. The van der Waals surface area contributed by atoms with Gasteiger partial charge in [-0.05, 0) is 49.7 Å². The monoisotopic (exact) mass is 422 g/mol. The smallest absolute Gasteiger partial charge is 0.243 e. The molecule has 9 heteroatoms. The molecule has 0 aliphatic rings. The largest absolute Gasteiger partial charge is 0.497 e. The number of hydrogen-bond donors (Lipinski definition) is 1. The van der Waals surface area contributed by atoms with Crippen molar-refractivity contribution in [1.29, 1.82) is 0 Å². The Hall–Kier alpha value is -2.78. The van der Waals surface area contributed by atoms with Gasteiger partial charge in [-0.25, -0.2) is 8.42 Å². The second kappa shape index (κ2) is 9.62. The van der Waals surface area contributed by atoms with E-state index >= 15 is 0 Å². The summed E-state index contributed by atoms with van der Waals surface area (Å²) in [4.78, 5) is 12.5. The summed E-state index contributed by atoms with van der Waals surface area (Å²) in [6.45, 7) is 3.75. The zero-order chi connectivity index (χ0) is 21.6. The summed E-state index contributed by atoms with van der Waals surface area (Å²) < 4.78 is 42.4. The van der Waals surface area contributed by atoms with Gasteiger partial charge in [0.2, 0.25) is 15.9 Å². The molecule has 0 aliphatic carbocycles. The molecule has 0 fully saturated rings. The van der Waals surface area contributed by atoms with Gasteiger partial charge in [0.25, 0.3) is 0 Å². The summed E-state index contributed by atoms with van der Waals surface area (Å²) in [6, 6.07) is 9.55. The SMILES string of the molecule is CCOc1ccc(S(=O)(=O)N(C)CC(=O)Nc2cc(OC)ccc2OC)cc1C. The van der Waals surface area contributed by atoms with E-state index in [4.69, 9.17) is 14.2 Å². The molecule has 0 bridgehead atoms. The van der Waals surface area contributed by atoms with Crippen molar-refractivity contribution in [2.24, 2.45) is 0 Å². The highest BCUT2D eigenvalue weighted by molar-refractivity contribution is 7.89. The van der Waals surface area contributed by atoms with E-state index in [9.17, 15) is 13.2 Å². The predicted molar refractivity (Wildman–Crippen MR) is 110 cm³/mol. The van der Waals surface area contributed by atoms with Gasteiger partial charge in [0.15, 0.2) is 0 Å². The first-order valence-electron chi connectivity index (χ1n) is 8.94. The Labute approximate surface area is 171 Å². The fourth-order valence-corrected chi connectivity index (χ4v) is 3.88. The van der Waals surface area contributed by atoms with E-state index in [0.29, 0.717) is 35.1 Å². The molecule has 0 saturated heterocycles. The molecule has 158 valence electrons. The summed E-state index contributed by atoms with van der Waals surface area (Å²) >= 11 is 0. The number of hydrogen-bond acceptors (Lipinski definition) is 6. The van der Waals surface area contributed by atoms with E-state index < -0.39 is 15.9 Å². The number of rotatable bonds is 9. The van der Waals surface area contributed by atoms with Gasteiger partial charge in [0.05, 0.1) is 38.0 Å². The summed E-state index contributed by atoms with van der Waals surface area (Å²) in [6.07, 6.45) is 0. The first-order valence-corrected chi connectivity index (χ1v) is 10.4. The van der Waals surface area contributed by atoms with Crippen LogP contribution in [0, 0.1) is 6.92 Å². The summed E-state index contributed by atoms with van der Waals surface area (Å²) in [5.41, 5.74) is 1.09. The molecule has 2 aromatic carbocycles. The third-order valence-corrected chi connectivity index (χ3v) is 6.00. The van der Waals surface area contributed by atoms with Crippen LogP contribution in [0.1, 0.15) is 12.5 Å². The van der Waals surface area contributed by atoms with Crippen molar-refractivity contribution in [3.05, 3.63) is 42.0 Å². The Morgan fingerprint density at radius 3 is 2.34 bits per heavy atom. The van der Waals surface area contributed by atoms with Crippen LogP contribution in [0.2, 0.25) is 0 Å². The molecular weight excluding hydrogens is 396 g/mol. The van der Waals surface area contributed by atoms with E-state index in [1.54, 1.807) is 31.2 Å². The number of ether oxygens (including phenoxy) is 3. The van der Waals surface area contributed by atoms with Crippen molar-refractivity contribution in [1.82, 2.24) is 4.31 Å². The van der Waals surface area contributed by atoms with Gasteiger partial charge in [0.1, 0.15) is 17.2 Å². The van der Waals surface area contributed by atoms with Crippen LogP contribution in [0.5, 0.6) is 17.2 Å². The number of anilines is 1. The molecule has 2 aromatic rings. The standard InChI is InChI=1S/C20H26N2O6S/c1-6-28-18-10-8-16(11-14(18)2)29(24,25)22(3)13-20(23)21-17-12-15(26-4)7-9-19(17)27-5/h7-12H,6,13H2,1-5H3,(H,21,23). The molecule has 0 aromatic heterocycles. The van der Waals surface area contributed by atoms with E-state index in [-0.39, 0.29) is 11.4 Å². The van der Waals surface area contributed by atoms with Gasteiger partial charge >= 0.3 is 0 Å².